The van der Waals surface area contributed by atoms with Crippen molar-refractivity contribution in [1.82, 2.24) is 0 Å². The number of benzene rings is 1. The monoisotopic (exact) mass is 338 g/mol. The molecule has 2 heteroatoms. The molecule has 126 valence electrons. The van der Waals surface area contributed by atoms with E-state index in [4.69, 9.17) is 0 Å². The Bertz CT molecular complexity index is 352. The van der Waals surface area contributed by atoms with Gasteiger partial charge in [0.1, 0.15) is 0 Å². The quantitative estimate of drug-likeness (QED) is 0.309. The van der Waals surface area contributed by atoms with E-state index in [1.54, 1.807) is 10.6 Å². The zero-order valence-corrected chi connectivity index (χ0v) is 17.1. The Balaban J connectivity index is 2.56. The third kappa shape index (κ3) is 7.57. The average Bonchev–Trinajstić information content (AvgIpc) is 2.55. The van der Waals surface area contributed by atoms with Crippen molar-refractivity contribution in [2.24, 2.45) is 0 Å². The fourth-order valence-electron chi connectivity index (χ4n) is 2.90. The lowest BCUT2D eigenvalue weighted by molar-refractivity contribution is 0.705. The zero-order chi connectivity index (χ0) is 16.2. The molecule has 0 aliphatic rings. The van der Waals surface area contributed by atoms with Crippen LogP contribution in [0.3, 0.4) is 0 Å². The topological polar surface area (TPSA) is 0 Å². The van der Waals surface area contributed by atoms with Gasteiger partial charge in [0.25, 0.3) is 0 Å². The maximum atomic E-state index is 2.50. The highest BCUT2D eigenvalue weighted by Crippen LogP contribution is 2.37. The number of hydrogen-bond acceptors (Lipinski definition) is 0. The molecule has 0 aromatic heterocycles. The average molecular weight is 338 g/mol. The Labute approximate surface area is 142 Å². The van der Waals surface area contributed by atoms with E-state index in [1.165, 1.54) is 63.7 Å². The maximum Gasteiger partial charge on any atom is -0.0167 e. The van der Waals surface area contributed by atoms with Gasteiger partial charge in [-0.1, -0.05) is 92.5 Å². The predicted octanol–water partition coefficient (Wildman–Crippen LogP) is 6.32. The molecule has 1 rings (SSSR count). The Kier molecular flexibility index (Phi) is 11.4. The van der Waals surface area contributed by atoms with Crippen molar-refractivity contribution in [2.45, 2.75) is 65.2 Å². The largest absolute Gasteiger partial charge is 0.0778 e. The first-order valence-electron chi connectivity index (χ1n) is 9.22. The van der Waals surface area contributed by atoms with E-state index in [0.29, 0.717) is 0 Å². The molecule has 0 saturated heterocycles. The molecular weight excluding hydrogens is 302 g/mol. The molecule has 1 aromatic carbocycles. The third-order valence-electron chi connectivity index (χ3n) is 4.40. The molecule has 0 N–H and O–H groups in total. The standard InChI is InChI=1S/C20H36P2/c1-5-7-9-13-17-21(3)19-15-11-12-16-20(19)22(4)18-14-10-8-6-2/h11-12,15-16H,5-10,13-14,17-18H2,1-4H3. The van der Waals surface area contributed by atoms with Gasteiger partial charge in [-0.15, -0.1) is 0 Å². The summed E-state index contributed by atoms with van der Waals surface area (Å²) in [5.74, 6) is 0. The maximum absolute atomic E-state index is 2.50. The highest BCUT2D eigenvalue weighted by atomic mass is 31.1. The molecule has 1 aromatic rings. The summed E-state index contributed by atoms with van der Waals surface area (Å²) in [6.45, 7) is 9.60. The minimum atomic E-state index is 0.0490. The van der Waals surface area contributed by atoms with Gasteiger partial charge in [-0.2, -0.15) is 0 Å². The molecule has 22 heavy (non-hydrogen) atoms. The zero-order valence-electron chi connectivity index (χ0n) is 15.3. The number of hydrogen-bond donors (Lipinski definition) is 0. The van der Waals surface area contributed by atoms with Crippen LogP contribution in [0.25, 0.3) is 0 Å². The van der Waals surface area contributed by atoms with E-state index in [9.17, 15) is 0 Å². The second-order valence-corrected chi connectivity index (χ2v) is 11.1. The van der Waals surface area contributed by atoms with Crippen LogP contribution < -0.4 is 10.6 Å². The summed E-state index contributed by atoms with van der Waals surface area (Å²) in [6.07, 6.45) is 14.0. The van der Waals surface area contributed by atoms with Crippen LogP contribution in [-0.2, 0) is 0 Å². The van der Waals surface area contributed by atoms with Crippen molar-refractivity contribution in [1.29, 1.82) is 0 Å². The summed E-state index contributed by atoms with van der Waals surface area (Å²) in [6, 6.07) is 9.35. The normalized spacial score (nSPS) is 14.0. The van der Waals surface area contributed by atoms with Gasteiger partial charge < -0.3 is 0 Å². The van der Waals surface area contributed by atoms with Gasteiger partial charge in [0.15, 0.2) is 0 Å². The molecule has 0 aliphatic heterocycles. The van der Waals surface area contributed by atoms with Crippen LogP contribution in [0.15, 0.2) is 24.3 Å². The van der Waals surface area contributed by atoms with Crippen LogP contribution in [0, 0.1) is 0 Å². The van der Waals surface area contributed by atoms with Gasteiger partial charge in [0, 0.05) is 0 Å². The van der Waals surface area contributed by atoms with Crippen molar-refractivity contribution in [3.05, 3.63) is 24.3 Å². The van der Waals surface area contributed by atoms with E-state index in [1.807, 2.05) is 0 Å². The Hall–Kier alpha value is 0.0800. The van der Waals surface area contributed by atoms with Gasteiger partial charge in [-0.3, -0.25) is 0 Å². The van der Waals surface area contributed by atoms with Crippen LogP contribution in [0.1, 0.15) is 65.2 Å². The van der Waals surface area contributed by atoms with Crippen molar-refractivity contribution in [2.75, 3.05) is 25.7 Å². The molecule has 0 bridgehead atoms. The molecule has 0 nitrogen and oxygen atoms in total. The van der Waals surface area contributed by atoms with Crippen molar-refractivity contribution in [3.63, 3.8) is 0 Å². The van der Waals surface area contributed by atoms with Gasteiger partial charge in [-0.05, 0) is 49.1 Å². The molecular formula is C20H36P2. The Morgan fingerprint density at radius 3 is 1.41 bits per heavy atom. The van der Waals surface area contributed by atoms with Crippen molar-refractivity contribution < 1.29 is 0 Å². The molecule has 0 saturated carbocycles. The third-order valence-corrected chi connectivity index (χ3v) is 8.97. The Morgan fingerprint density at radius 2 is 1.05 bits per heavy atom. The summed E-state index contributed by atoms with van der Waals surface area (Å²) in [4.78, 5) is 0. The van der Waals surface area contributed by atoms with Gasteiger partial charge in [0.05, 0.1) is 0 Å². The fraction of sp³-hybridized carbons (Fsp3) is 0.700. The van der Waals surface area contributed by atoms with Crippen LogP contribution in [-0.4, -0.2) is 25.7 Å². The van der Waals surface area contributed by atoms with Crippen LogP contribution in [0.5, 0.6) is 0 Å². The van der Waals surface area contributed by atoms with E-state index in [0.717, 1.165) is 0 Å². The molecule has 2 atom stereocenters. The fourth-order valence-corrected chi connectivity index (χ4v) is 7.42. The lowest BCUT2D eigenvalue weighted by atomic mass is 10.2. The van der Waals surface area contributed by atoms with E-state index >= 15 is 0 Å². The smallest absolute Gasteiger partial charge is 0.0167 e. The first-order valence-corrected chi connectivity index (χ1v) is 13.2. The number of unbranched alkanes of at least 4 members (excludes halogenated alkanes) is 6. The second kappa shape index (κ2) is 12.5. The van der Waals surface area contributed by atoms with Gasteiger partial charge in [0.2, 0.25) is 0 Å². The van der Waals surface area contributed by atoms with Crippen LogP contribution >= 0.6 is 15.8 Å². The highest BCUT2D eigenvalue weighted by molar-refractivity contribution is 7.71. The molecule has 0 amide bonds. The van der Waals surface area contributed by atoms with Gasteiger partial charge in [-0.25, -0.2) is 0 Å². The minimum absolute atomic E-state index is 0.0490. The molecule has 0 aliphatic carbocycles. The summed E-state index contributed by atoms with van der Waals surface area (Å²) in [7, 11) is 0.0980. The molecule has 0 fully saturated rings. The molecule has 0 radical (unpaired) electrons. The second-order valence-electron chi connectivity index (χ2n) is 6.45. The lowest BCUT2D eigenvalue weighted by Gasteiger charge is -2.21. The van der Waals surface area contributed by atoms with Gasteiger partial charge >= 0.3 is 0 Å². The first-order chi connectivity index (χ1) is 10.7. The summed E-state index contributed by atoms with van der Waals surface area (Å²) < 4.78 is 0. The first kappa shape index (κ1) is 20.1. The van der Waals surface area contributed by atoms with Crippen LogP contribution in [0.4, 0.5) is 0 Å². The SMILES string of the molecule is CCCCCCP(C)c1ccccc1P(C)CCCCCC. The predicted molar refractivity (Wildman–Crippen MR) is 109 cm³/mol. The van der Waals surface area contributed by atoms with Crippen LogP contribution in [0.2, 0.25) is 0 Å². The van der Waals surface area contributed by atoms with E-state index < -0.39 is 0 Å². The summed E-state index contributed by atoms with van der Waals surface area (Å²) >= 11 is 0. The number of rotatable bonds is 12. The molecule has 2 unspecified atom stereocenters. The lowest BCUT2D eigenvalue weighted by Crippen LogP contribution is -2.22. The highest BCUT2D eigenvalue weighted by Gasteiger charge is 2.14. The Morgan fingerprint density at radius 1 is 0.636 bits per heavy atom. The van der Waals surface area contributed by atoms with Crippen molar-refractivity contribution >= 4 is 26.5 Å². The molecule has 0 spiro atoms. The minimum Gasteiger partial charge on any atom is -0.0778 e. The van der Waals surface area contributed by atoms with E-state index in [2.05, 4.69) is 51.4 Å². The summed E-state index contributed by atoms with van der Waals surface area (Å²) in [5, 5.41) is 3.41. The summed E-state index contributed by atoms with van der Waals surface area (Å²) in [5.41, 5.74) is 0. The van der Waals surface area contributed by atoms with E-state index in [-0.39, 0.29) is 15.8 Å². The molecule has 0 heterocycles. The van der Waals surface area contributed by atoms with Crippen molar-refractivity contribution in [3.8, 4) is 0 Å².